The number of nitrogens with zero attached hydrogens (tertiary/aromatic N) is 1. The van der Waals surface area contributed by atoms with Crippen LogP contribution in [0.25, 0.3) is 0 Å². The Morgan fingerprint density at radius 2 is 1.93 bits per heavy atom. The van der Waals surface area contributed by atoms with Gasteiger partial charge in [-0.2, -0.15) is 0 Å². The van der Waals surface area contributed by atoms with Crippen LogP contribution in [0.3, 0.4) is 0 Å². The van der Waals surface area contributed by atoms with Gasteiger partial charge in [0.05, 0.1) is 12.7 Å². The summed E-state index contributed by atoms with van der Waals surface area (Å²) in [5.41, 5.74) is 0.579. The van der Waals surface area contributed by atoms with Gasteiger partial charge in [0.1, 0.15) is 18.1 Å². The molecular weight excluding hydrogens is 552 g/mol. The largest absolute Gasteiger partial charge is 0.493 e. The molecule has 13 nitrogen and oxygen atoms in total. The van der Waals surface area contributed by atoms with Crippen molar-refractivity contribution in [3.8, 4) is 11.5 Å². The molecule has 0 aromatic heterocycles. The van der Waals surface area contributed by atoms with Crippen molar-refractivity contribution >= 4 is 30.2 Å². The number of benzene rings is 1. The van der Waals surface area contributed by atoms with Crippen LogP contribution >= 0.6 is 0 Å². The molecule has 1 heterocycles. The monoisotopic (exact) mass is 592 g/mol. The lowest BCUT2D eigenvalue weighted by Gasteiger charge is -2.31. The fourth-order valence-electron chi connectivity index (χ4n) is 4.06. The van der Waals surface area contributed by atoms with Crippen LogP contribution in [0.5, 0.6) is 11.5 Å². The van der Waals surface area contributed by atoms with E-state index in [1.807, 2.05) is 0 Å². The average molecular weight is 593 g/mol. The van der Waals surface area contributed by atoms with E-state index in [-0.39, 0.29) is 37.9 Å². The summed E-state index contributed by atoms with van der Waals surface area (Å²) in [6.45, 7) is 3.86. The van der Waals surface area contributed by atoms with Gasteiger partial charge in [0.25, 0.3) is 5.91 Å². The Bertz CT molecular complexity index is 1090. The van der Waals surface area contributed by atoms with Crippen molar-refractivity contribution in [1.82, 2.24) is 10.2 Å². The average Bonchev–Trinajstić information content (AvgIpc) is 2.94. The molecule has 1 aromatic rings. The molecule has 3 atom stereocenters. The van der Waals surface area contributed by atoms with Gasteiger partial charge in [0.2, 0.25) is 18.6 Å². The van der Waals surface area contributed by atoms with E-state index in [2.05, 4.69) is 5.32 Å². The van der Waals surface area contributed by atoms with Gasteiger partial charge < -0.3 is 34.5 Å². The Kier molecular flexibility index (Phi) is 15.0. The number of nitrogens with one attached hydrogen (secondary N) is 1. The minimum atomic E-state index is -1.19. The summed E-state index contributed by atoms with van der Waals surface area (Å²) in [6.07, 6.45) is 3.16. The molecule has 42 heavy (non-hydrogen) atoms. The maximum atomic E-state index is 12.1. The number of amides is 3. The predicted octanol–water partition coefficient (Wildman–Crippen LogP) is 2.09. The van der Waals surface area contributed by atoms with E-state index in [0.29, 0.717) is 68.7 Å². The van der Waals surface area contributed by atoms with Crippen molar-refractivity contribution in [1.29, 1.82) is 0 Å². The summed E-state index contributed by atoms with van der Waals surface area (Å²) in [4.78, 5) is 58.5. The summed E-state index contributed by atoms with van der Waals surface area (Å²) in [7, 11) is 0. The van der Waals surface area contributed by atoms with Gasteiger partial charge in [-0.05, 0) is 44.4 Å². The van der Waals surface area contributed by atoms with E-state index in [4.69, 9.17) is 18.9 Å². The summed E-state index contributed by atoms with van der Waals surface area (Å²) >= 11 is 0. The Hall–Kier alpha value is -3.97. The highest BCUT2D eigenvalue weighted by Crippen LogP contribution is 2.29. The molecule has 0 aliphatic carbocycles. The lowest BCUT2D eigenvalue weighted by molar-refractivity contribution is -0.195. The van der Waals surface area contributed by atoms with E-state index in [1.165, 1.54) is 13.0 Å². The minimum Gasteiger partial charge on any atom is -0.493 e. The zero-order valence-corrected chi connectivity index (χ0v) is 24.0. The molecule has 1 saturated heterocycles. The summed E-state index contributed by atoms with van der Waals surface area (Å²) in [5, 5.41) is 22.0. The van der Waals surface area contributed by atoms with Gasteiger partial charge in [-0.1, -0.05) is 12.5 Å². The third kappa shape index (κ3) is 12.7. The number of carboxylic acid groups (broad SMARTS) is 1. The smallest absolute Gasteiger partial charge is 0.333 e. The molecule has 0 spiro atoms. The van der Waals surface area contributed by atoms with Crippen LogP contribution in [0.2, 0.25) is 0 Å². The third-order valence-corrected chi connectivity index (χ3v) is 6.20. The lowest BCUT2D eigenvalue weighted by Crippen LogP contribution is -2.42. The summed E-state index contributed by atoms with van der Waals surface area (Å²) in [6, 6.07) is 4.81. The number of unbranched alkanes of at least 4 members (excludes halogenated alkanes) is 2. The predicted molar refractivity (Wildman–Crippen MR) is 148 cm³/mol. The molecule has 3 amide bonds. The fourth-order valence-corrected chi connectivity index (χ4v) is 4.06. The van der Waals surface area contributed by atoms with Crippen molar-refractivity contribution < 1.29 is 53.1 Å². The molecule has 1 aliphatic heterocycles. The number of ether oxygens (including phenoxy) is 4. The second kappa shape index (κ2) is 18.5. The summed E-state index contributed by atoms with van der Waals surface area (Å²) in [5.74, 6) is -1.44. The highest BCUT2D eigenvalue weighted by molar-refractivity contribution is 5.94. The van der Waals surface area contributed by atoms with Crippen LogP contribution in [0.15, 0.2) is 30.4 Å². The first-order valence-electron chi connectivity index (χ1n) is 13.9. The SMILES string of the molecule is C/C=C\C(=O)N(C=O)CCCCCC(=O)NCCCOc1cc(OC2CC(O)CC(C(=O)O)O2)ccc1COC(C)=O. The fraction of sp³-hybridized carbons (Fsp3) is 0.552. The topological polar surface area (TPSA) is 178 Å². The van der Waals surface area contributed by atoms with Gasteiger partial charge in [-0.15, -0.1) is 0 Å². The first-order valence-corrected chi connectivity index (χ1v) is 13.9. The molecular formula is C29H40N2O11. The van der Waals surface area contributed by atoms with Gasteiger partial charge in [-0.25, -0.2) is 4.79 Å². The Morgan fingerprint density at radius 3 is 2.62 bits per heavy atom. The van der Waals surface area contributed by atoms with Crippen LogP contribution in [-0.2, 0) is 40.1 Å². The van der Waals surface area contributed by atoms with Gasteiger partial charge in [-0.3, -0.25) is 24.1 Å². The van der Waals surface area contributed by atoms with Crippen molar-refractivity contribution in [2.24, 2.45) is 0 Å². The number of carboxylic acids is 1. The highest BCUT2D eigenvalue weighted by atomic mass is 16.7. The molecule has 0 saturated carbocycles. The molecule has 1 aromatic carbocycles. The van der Waals surface area contributed by atoms with E-state index in [0.717, 1.165) is 4.90 Å². The van der Waals surface area contributed by atoms with Gasteiger partial charge in [0.15, 0.2) is 6.10 Å². The molecule has 1 fully saturated rings. The van der Waals surface area contributed by atoms with Crippen molar-refractivity contribution in [2.75, 3.05) is 19.7 Å². The van der Waals surface area contributed by atoms with E-state index in [9.17, 15) is 34.2 Å². The van der Waals surface area contributed by atoms with Gasteiger partial charge in [0, 0.05) is 50.9 Å². The summed E-state index contributed by atoms with van der Waals surface area (Å²) < 4.78 is 22.1. The number of hydrogen-bond donors (Lipinski definition) is 3. The van der Waals surface area contributed by atoms with E-state index >= 15 is 0 Å². The molecule has 1 aliphatic rings. The molecule has 3 unspecified atom stereocenters. The number of esters is 1. The van der Waals surface area contributed by atoms with Crippen molar-refractivity contribution in [3.05, 3.63) is 35.9 Å². The van der Waals surface area contributed by atoms with Crippen LogP contribution in [0, 0.1) is 0 Å². The molecule has 3 N–H and O–H groups in total. The maximum Gasteiger partial charge on any atom is 0.333 e. The highest BCUT2D eigenvalue weighted by Gasteiger charge is 2.34. The number of rotatable bonds is 18. The molecule has 232 valence electrons. The molecule has 2 rings (SSSR count). The van der Waals surface area contributed by atoms with Crippen molar-refractivity contribution in [2.45, 2.75) is 83.9 Å². The quantitative estimate of drug-likeness (QED) is 0.0984. The number of aliphatic hydroxyl groups excluding tert-OH is 1. The van der Waals surface area contributed by atoms with E-state index in [1.54, 1.807) is 31.2 Å². The van der Waals surface area contributed by atoms with Crippen LogP contribution in [-0.4, -0.2) is 83.5 Å². The first-order chi connectivity index (χ1) is 20.1. The number of imide groups is 1. The first kappa shape index (κ1) is 34.2. The van der Waals surface area contributed by atoms with Crippen LogP contribution < -0.4 is 14.8 Å². The second-order valence-electron chi connectivity index (χ2n) is 9.69. The molecule has 13 heteroatoms. The third-order valence-electron chi connectivity index (χ3n) is 6.20. The lowest BCUT2D eigenvalue weighted by atomic mass is 10.1. The number of carbonyl (C=O) groups is 5. The number of aliphatic hydroxyl groups is 1. The Labute approximate surface area is 244 Å². The number of hydrogen-bond acceptors (Lipinski definition) is 10. The number of aliphatic carboxylic acids is 1. The standard InChI is InChI=1S/C29H40N2O11/c1-3-8-27(36)31(19-32)13-6-4-5-9-26(35)30-12-7-14-39-24-17-23(11-10-21(24)18-40-20(2)33)41-28-16-22(34)15-25(42-28)29(37)38/h3,8,10-11,17,19,22,25,28,34H,4-7,9,12-16,18H2,1-2H3,(H,30,35)(H,37,38)/b8-3-. The normalized spacial score (nSPS) is 18.2. The van der Waals surface area contributed by atoms with E-state index < -0.39 is 30.4 Å². The Morgan fingerprint density at radius 1 is 1.14 bits per heavy atom. The van der Waals surface area contributed by atoms with Crippen molar-refractivity contribution in [3.63, 3.8) is 0 Å². The van der Waals surface area contributed by atoms with Gasteiger partial charge >= 0.3 is 11.9 Å². The minimum absolute atomic E-state index is 0.0269. The number of carbonyl (C=O) groups excluding carboxylic acids is 4. The van der Waals surface area contributed by atoms with Crippen LogP contribution in [0.4, 0.5) is 0 Å². The van der Waals surface area contributed by atoms with Crippen LogP contribution in [0.1, 0.15) is 64.4 Å². The molecule has 0 radical (unpaired) electrons. The second-order valence-corrected chi connectivity index (χ2v) is 9.69. The zero-order chi connectivity index (χ0) is 30.9. The maximum absolute atomic E-state index is 12.1. The zero-order valence-electron chi connectivity index (χ0n) is 24.0. The number of allylic oxidation sites excluding steroid dienone is 1. The molecule has 0 bridgehead atoms. The Balaban J connectivity index is 1.78.